The number of rotatable bonds is 7. The number of carboxylic acid groups (broad SMARTS) is 1. The number of aromatic nitrogens is 1. The fourth-order valence-corrected chi connectivity index (χ4v) is 5.43. The Kier molecular flexibility index (Phi) is 6.02. The van der Waals surface area contributed by atoms with Gasteiger partial charge in [0.25, 0.3) is 5.91 Å². The Balaban J connectivity index is 1.93. The maximum absolute atomic E-state index is 12.8. The first-order valence-electron chi connectivity index (χ1n) is 10.7. The topological polar surface area (TPSA) is 129 Å². The number of primary amides is 1. The quantitative estimate of drug-likeness (QED) is 0.511. The van der Waals surface area contributed by atoms with Crippen molar-refractivity contribution in [2.24, 2.45) is 5.73 Å². The van der Waals surface area contributed by atoms with Crippen molar-refractivity contribution in [3.05, 3.63) is 65.4 Å². The van der Waals surface area contributed by atoms with E-state index in [0.29, 0.717) is 31.4 Å². The van der Waals surface area contributed by atoms with Crippen LogP contribution in [0.2, 0.25) is 0 Å². The summed E-state index contributed by atoms with van der Waals surface area (Å²) in [7, 11) is -3.36. The minimum absolute atomic E-state index is 0.235. The first kappa shape index (κ1) is 23.0. The van der Waals surface area contributed by atoms with Gasteiger partial charge in [-0.25, -0.2) is 13.2 Å². The van der Waals surface area contributed by atoms with Crippen LogP contribution < -0.4 is 5.73 Å². The summed E-state index contributed by atoms with van der Waals surface area (Å²) in [5.41, 5.74) is 7.41. The average molecular weight is 471 g/mol. The van der Waals surface area contributed by atoms with E-state index in [1.165, 1.54) is 6.26 Å². The molecule has 3 N–H and O–H groups in total. The normalized spacial score (nSPS) is 18.6. The van der Waals surface area contributed by atoms with Crippen molar-refractivity contribution in [3.63, 3.8) is 0 Å². The largest absolute Gasteiger partial charge is 0.480 e. The third kappa shape index (κ3) is 4.26. The van der Waals surface area contributed by atoms with Crippen molar-refractivity contribution < 1.29 is 27.9 Å². The van der Waals surface area contributed by atoms with E-state index in [9.17, 15) is 23.1 Å². The number of nitrogens with two attached hydrogens (primary N) is 1. The summed E-state index contributed by atoms with van der Waals surface area (Å²) in [4.78, 5) is 24.3. The number of aliphatic carboxylic acids is 1. The molecule has 0 saturated heterocycles. The Morgan fingerprint density at radius 2 is 1.91 bits per heavy atom. The van der Waals surface area contributed by atoms with Crippen LogP contribution in [0.4, 0.5) is 0 Å². The maximum Gasteiger partial charge on any atom is 0.329 e. The average Bonchev–Trinajstić information content (AvgIpc) is 2.93. The van der Waals surface area contributed by atoms with Crippen LogP contribution in [-0.2, 0) is 42.7 Å². The molecule has 0 radical (unpaired) electrons. The lowest BCUT2D eigenvalue weighted by Crippen LogP contribution is -2.45. The molecule has 0 fully saturated rings. The van der Waals surface area contributed by atoms with Crippen LogP contribution in [0.25, 0.3) is 10.9 Å². The molecule has 1 heterocycles. The highest BCUT2D eigenvalue weighted by molar-refractivity contribution is 7.90. The number of hydrogen-bond acceptors (Lipinski definition) is 5. The Morgan fingerprint density at radius 3 is 2.61 bits per heavy atom. The molecule has 0 saturated carbocycles. The highest BCUT2D eigenvalue weighted by Gasteiger charge is 2.45. The van der Waals surface area contributed by atoms with Gasteiger partial charge in [0.2, 0.25) is 0 Å². The molecule has 0 aliphatic heterocycles. The van der Waals surface area contributed by atoms with Gasteiger partial charge < -0.3 is 20.1 Å². The lowest BCUT2D eigenvalue weighted by atomic mass is 9.87. The van der Waals surface area contributed by atoms with E-state index >= 15 is 0 Å². The summed E-state index contributed by atoms with van der Waals surface area (Å²) in [6.07, 6.45) is 3.54. The Bertz CT molecular complexity index is 1340. The lowest BCUT2D eigenvalue weighted by Gasteiger charge is -2.30. The summed E-state index contributed by atoms with van der Waals surface area (Å²) in [5.74, 6) is -1.89. The van der Waals surface area contributed by atoms with Gasteiger partial charge in [-0.1, -0.05) is 30.3 Å². The van der Waals surface area contributed by atoms with Crippen molar-refractivity contribution in [3.8, 4) is 0 Å². The van der Waals surface area contributed by atoms with Crippen LogP contribution in [0, 0.1) is 0 Å². The predicted octanol–water partition coefficient (Wildman–Crippen LogP) is 2.60. The number of fused-ring (bicyclic) bond motifs is 3. The standard InChI is InChI=1S/C24H26N2O6S/c1-33(30,31)17-8-6-7-16(13-17)14-26-19-10-3-2-9-18(19)22-20(26)11-4-5-12-24(22,23(25)29)32-15-21(27)28/h2-3,6-10,13H,4-5,11-12,14-15H2,1H3,(H2,25,29)(H,27,28). The van der Waals surface area contributed by atoms with Crippen LogP contribution in [-0.4, -0.2) is 42.8 Å². The summed E-state index contributed by atoms with van der Waals surface area (Å²) in [5, 5.41) is 10.0. The number of nitrogens with zero attached hydrogens (tertiary/aromatic N) is 1. The maximum atomic E-state index is 12.8. The first-order chi connectivity index (χ1) is 15.6. The van der Waals surface area contributed by atoms with Gasteiger partial charge in [-0.3, -0.25) is 4.79 Å². The van der Waals surface area contributed by atoms with Gasteiger partial charge in [0.05, 0.1) is 4.90 Å². The Hall–Kier alpha value is -3.17. The SMILES string of the molecule is CS(=O)(=O)c1cccc(Cn2c3c(c4ccccc42)C(OCC(=O)O)(C(N)=O)CCCC3)c1. The number of ether oxygens (including phenoxy) is 1. The highest BCUT2D eigenvalue weighted by Crippen LogP contribution is 2.43. The zero-order chi connectivity index (χ0) is 23.8. The van der Waals surface area contributed by atoms with Gasteiger partial charge in [0, 0.05) is 35.0 Å². The van der Waals surface area contributed by atoms with Gasteiger partial charge >= 0.3 is 5.97 Å². The molecule has 1 aliphatic rings. The monoisotopic (exact) mass is 470 g/mol. The second kappa shape index (κ2) is 8.64. The molecule has 33 heavy (non-hydrogen) atoms. The molecule has 1 amide bonds. The molecule has 1 aromatic heterocycles. The fourth-order valence-electron chi connectivity index (χ4n) is 4.74. The van der Waals surface area contributed by atoms with Crippen LogP contribution in [0.5, 0.6) is 0 Å². The molecule has 0 spiro atoms. The summed E-state index contributed by atoms with van der Waals surface area (Å²) >= 11 is 0. The molecule has 3 aromatic rings. The van der Waals surface area contributed by atoms with Crippen molar-refractivity contribution in [2.45, 2.75) is 42.7 Å². The number of sulfone groups is 1. The van der Waals surface area contributed by atoms with E-state index in [-0.39, 0.29) is 4.90 Å². The number of para-hydroxylation sites is 1. The molecule has 1 unspecified atom stereocenters. The molecule has 0 bridgehead atoms. The van der Waals surface area contributed by atoms with E-state index in [1.807, 2.05) is 30.3 Å². The lowest BCUT2D eigenvalue weighted by molar-refractivity contribution is -0.159. The van der Waals surface area contributed by atoms with Gasteiger partial charge in [0.1, 0.15) is 6.61 Å². The number of benzene rings is 2. The minimum Gasteiger partial charge on any atom is -0.480 e. The molecule has 8 nitrogen and oxygen atoms in total. The second-order valence-corrected chi connectivity index (χ2v) is 10.4. The smallest absolute Gasteiger partial charge is 0.329 e. The molecular weight excluding hydrogens is 444 g/mol. The van der Waals surface area contributed by atoms with Gasteiger partial charge in [-0.15, -0.1) is 0 Å². The minimum atomic E-state index is -3.36. The molecule has 2 aromatic carbocycles. The van der Waals surface area contributed by atoms with Gasteiger partial charge in [0.15, 0.2) is 15.4 Å². The first-order valence-corrected chi connectivity index (χ1v) is 12.6. The highest BCUT2D eigenvalue weighted by atomic mass is 32.2. The molecule has 4 rings (SSSR count). The van der Waals surface area contributed by atoms with Crippen molar-refractivity contribution >= 4 is 32.6 Å². The number of carboxylic acids is 1. The van der Waals surface area contributed by atoms with Crippen LogP contribution >= 0.6 is 0 Å². The number of carbonyl (C=O) groups excluding carboxylic acids is 1. The predicted molar refractivity (Wildman–Crippen MR) is 123 cm³/mol. The van der Waals surface area contributed by atoms with Crippen LogP contribution in [0.3, 0.4) is 0 Å². The summed E-state index contributed by atoms with van der Waals surface area (Å²) in [6, 6.07) is 14.3. The van der Waals surface area contributed by atoms with E-state index in [2.05, 4.69) is 4.57 Å². The second-order valence-electron chi connectivity index (χ2n) is 8.43. The molecule has 9 heteroatoms. The number of amides is 1. The van der Waals surface area contributed by atoms with E-state index < -0.39 is 33.9 Å². The van der Waals surface area contributed by atoms with Crippen LogP contribution in [0.15, 0.2) is 53.4 Å². The molecule has 1 aliphatic carbocycles. The van der Waals surface area contributed by atoms with E-state index in [1.54, 1.807) is 18.2 Å². The molecule has 174 valence electrons. The number of carbonyl (C=O) groups is 2. The van der Waals surface area contributed by atoms with Crippen molar-refractivity contribution in [1.82, 2.24) is 4.57 Å². The number of hydrogen-bond donors (Lipinski definition) is 2. The summed E-state index contributed by atoms with van der Waals surface area (Å²) in [6.45, 7) is -0.259. The van der Waals surface area contributed by atoms with Crippen molar-refractivity contribution in [2.75, 3.05) is 12.9 Å². The van der Waals surface area contributed by atoms with E-state index in [0.717, 1.165) is 28.6 Å². The van der Waals surface area contributed by atoms with Crippen LogP contribution in [0.1, 0.15) is 36.1 Å². The zero-order valence-corrected chi connectivity index (χ0v) is 19.1. The third-order valence-electron chi connectivity index (χ3n) is 6.18. The molecule has 1 atom stereocenters. The Morgan fingerprint density at radius 1 is 1.15 bits per heavy atom. The zero-order valence-electron chi connectivity index (χ0n) is 18.3. The fraction of sp³-hybridized carbons (Fsp3) is 0.333. The third-order valence-corrected chi connectivity index (χ3v) is 7.29. The summed E-state index contributed by atoms with van der Waals surface area (Å²) < 4.78 is 31.9. The molecular formula is C24H26N2O6S. The van der Waals surface area contributed by atoms with E-state index in [4.69, 9.17) is 10.5 Å². The van der Waals surface area contributed by atoms with Gasteiger partial charge in [-0.2, -0.15) is 0 Å². The Labute approximate surface area is 191 Å². The van der Waals surface area contributed by atoms with Gasteiger partial charge in [-0.05, 0) is 49.4 Å². The van der Waals surface area contributed by atoms with Crippen molar-refractivity contribution in [1.29, 1.82) is 0 Å².